The molecule has 4 aliphatic carbocycles. The summed E-state index contributed by atoms with van der Waals surface area (Å²) in [6, 6.07) is 19.8. The van der Waals surface area contributed by atoms with Crippen LogP contribution >= 0.6 is 0 Å². The van der Waals surface area contributed by atoms with Crippen molar-refractivity contribution in [1.29, 1.82) is 0 Å². The Bertz CT molecular complexity index is 1500. The Balaban J connectivity index is 1.22. The van der Waals surface area contributed by atoms with Crippen molar-refractivity contribution in [2.45, 2.75) is 55.8 Å². The number of anilines is 2. The first-order valence-corrected chi connectivity index (χ1v) is 15.8. The summed E-state index contributed by atoms with van der Waals surface area (Å²) in [6.07, 6.45) is 8.05. The number of aryl methyl sites for hydroxylation is 1. The molecule has 216 valence electrons. The van der Waals surface area contributed by atoms with E-state index in [0.717, 1.165) is 27.6 Å². The maximum atomic E-state index is 13.9. The van der Waals surface area contributed by atoms with Gasteiger partial charge < -0.3 is 14.8 Å². The van der Waals surface area contributed by atoms with Gasteiger partial charge in [0, 0.05) is 11.8 Å². The van der Waals surface area contributed by atoms with Crippen LogP contribution < -0.4 is 19.1 Å². The number of benzene rings is 3. The fraction of sp³-hybridized carbons (Fsp3) is 0.424. The van der Waals surface area contributed by atoms with Crippen LogP contribution in [0.15, 0.2) is 71.6 Å². The predicted molar refractivity (Wildman–Crippen MR) is 160 cm³/mol. The largest absolute Gasteiger partial charge is 0.493 e. The van der Waals surface area contributed by atoms with Crippen molar-refractivity contribution in [3.05, 3.63) is 77.9 Å². The summed E-state index contributed by atoms with van der Waals surface area (Å²) in [4.78, 5) is 13.3. The zero-order valence-electron chi connectivity index (χ0n) is 23.9. The van der Waals surface area contributed by atoms with Crippen LogP contribution in [-0.4, -0.2) is 35.1 Å². The fourth-order valence-corrected chi connectivity index (χ4v) is 9.27. The normalized spacial score (nSPS) is 24.6. The summed E-state index contributed by atoms with van der Waals surface area (Å²) in [5.41, 5.74) is 3.72. The second-order valence-corrected chi connectivity index (χ2v) is 14.0. The van der Waals surface area contributed by atoms with Crippen LogP contribution in [0.3, 0.4) is 0 Å². The molecule has 0 radical (unpaired) electrons. The Morgan fingerprint density at radius 2 is 1.44 bits per heavy atom. The summed E-state index contributed by atoms with van der Waals surface area (Å²) < 4.78 is 39.5. The van der Waals surface area contributed by atoms with E-state index >= 15 is 0 Å². The number of hydrogen-bond acceptors (Lipinski definition) is 5. The monoisotopic (exact) mass is 574 g/mol. The number of nitrogens with zero attached hydrogens (tertiary/aromatic N) is 1. The van der Waals surface area contributed by atoms with Crippen molar-refractivity contribution < 1.29 is 22.7 Å². The maximum absolute atomic E-state index is 13.9. The zero-order chi connectivity index (χ0) is 28.8. The van der Waals surface area contributed by atoms with Crippen LogP contribution in [0.1, 0.15) is 49.7 Å². The Hall–Kier alpha value is -3.52. The summed E-state index contributed by atoms with van der Waals surface area (Å²) in [7, 11) is -1.16. The van der Waals surface area contributed by atoms with E-state index in [0.29, 0.717) is 22.9 Å². The molecule has 7 nitrogen and oxygen atoms in total. The number of nitrogens with one attached hydrogen (secondary N) is 1. The van der Waals surface area contributed by atoms with Gasteiger partial charge in [-0.3, -0.25) is 9.10 Å². The van der Waals surface area contributed by atoms with Gasteiger partial charge in [0.1, 0.15) is 6.54 Å². The molecule has 1 amide bonds. The first-order chi connectivity index (χ1) is 19.7. The van der Waals surface area contributed by atoms with Gasteiger partial charge in [-0.25, -0.2) is 8.42 Å². The lowest BCUT2D eigenvalue weighted by Crippen LogP contribution is -2.48. The SMILES string of the molecule is COc1ccc(S(=O)(=O)N(CC(=O)Nc2ccc(C34CC5CC(CC(C5)C3)C4)cc2)c2ccc(C)cc2)cc1OC. The minimum atomic E-state index is -4.11. The molecule has 8 heteroatoms. The lowest BCUT2D eigenvalue weighted by molar-refractivity contribution is -0.114. The van der Waals surface area contributed by atoms with Gasteiger partial charge in [0.25, 0.3) is 10.0 Å². The molecule has 0 atom stereocenters. The molecule has 0 saturated heterocycles. The number of methoxy groups -OCH3 is 2. The van der Waals surface area contributed by atoms with Gasteiger partial charge >= 0.3 is 0 Å². The lowest BCUT2D eigenvalue weighted by atomic mass is 9.48. The molecule has 4 aliphatic rings. The predicted octanol–water partition coefficient (Wildman–Crippen LogP) is 6.31. The highest BCUT2D eigenvalue weighted by atomic mass is 32.2. The van der Waals surface area contributed by atoms with Crippen molar-refractivity contribution in [3.8, 4) is 11.5 Å². The van der Waals surface area contributed by atoms with Gasteiger partial charge in [-0.1, -0.05) is 29.8 Å². The molecule has 0 spiro atoms. The van der Waals surface area contributed by atoms with E-state index in [4.69, 9.17) is 9.47 Å². The molecule has 4 saturated carbocycles. The number of amides is 1. The smallest absolute Gasteiger partial charge is 0.264 e. The third-order valence-electron chi connectivity index (χ3n) is 9.37. The van der Waals surface area contributed by atoms with E-state index in [-0.39, 0.29) is 16.9 Å². The Morgan fingerprint density at radius 1 is 0.854 bits per heavy atom. The number of carbonyl (C=O) groups excluding carboxylic acids is 1. The highest BCUT2D eigenvalue weighted by molar-refractivity contribution is 7.92. The second-order valence-electron chi connectivity index (χ2n) is 12.2. The molecule has 3 aromatic rings. The van der Waals surface area contributed by atoms with E-state index in [1.807, 2.05) is 31.2 Å². The average Bonchev–Trinajstić information content (AvgIpc) is 2.95. The highest BCUT2D eigenvalue weighted by Gasteiger charge is 2.51. The van der Waals surface area contributed by atoms with E-state index in [2.05, 4.69) is 17.4 Å². The molecule has 41 heavy (non-hydrogen) atoms. The molecule has 0 aromatic heterocycles. The molecule has 0 unspecified atom stereocenters. The fourth-order valence-electron chi connectivity index (χ4n) is 7.83. The van der Waals surface area contributed by atoms with Crippen LogP contribution in [-0.2, 0) is 20.2 Å². The van der Waals surface area contributed by atoms with Crippen molar-refractivity contribution in [2.24, 2.45) is 17.8 Å². The molecule has 0 heterocycles. The van der Waals surface area contributed by atoms with Crippen LogP contribution in [0, 0.1) is 24.7 Å². The van der Waals surface area contributed by atoms with E-state index in [9.17, 15) is 13.2 Å². The van der Waals surface area contributed by atoms with Crippen molar-refractivity contribution in [2.75, 3.05) is 30.4 Å². The standard InChI is InChI=1S/C33H38N2O5S/c1-22-4-10-28(11-5-22)35(41(37,38)29-12-13-30(39-2)31(17-29)40-3)21-32(36)34-27-8-6-26(7-9-27)33-18-23-14-24(19-33)16-25(15-23)20-33/h4-13,17,23-25H,14-16,18-21H2,1-3H3,(H,34,36). The first kappa shape index (κ1) is 27.6. The second kappa shape index (κ2) is 10.7. The van der Waals surface area contributed by atoms with E-state index < -0.39 is 15.9 Å². The Labute approximate surface area is 242 Å². The molecule has 0 aliphatic heterocycles. The summed E-state index contributed by atoms with van der Waals surface area (Å²) in [6.45, 7) is 1.55. The van der Waals surface area contributed by atoms with Gasteiger partial charge in [0.15, 0.2) is 11.5 Å². The third-order valence-corrected chi connectivity index (χ3v) is 11.1. The Kier molecular flexibility index (Phi) is 7.22. The van der Waals surface area contributed by atoms with Crippen molar-refractivity contribution in [1.82, 2.24) is 0 Å². The quantitative estimate of drug-likeness (QED) is 0.324. The van der Waals surface area contributed by atoms with Crippen molar-refractivity contribution >= 4 is 27.3 Å². The summed E-state index contributed by atoms with van der Waals surface area (Å²) >= 11 is 0. The molecule has 7 rings (SSSR count). The highest BCUT2D eigenvalue weighted by Crippen LogP contribution is 2.60. The lowest BCUT2D eigenvalue weighted by Gasteiger charge is -2.57. The van der Waals surface area contributed by atoms with Gasteiger partial charge in [-0.05, 0) is 111 Å². The number of carbonyl (C=O) groups is 1. The van der Waals surface area contributed by atoms with Gasteiger partial charge in [0.2, 0.25) is 5.91 Å². The van der Waals surface area contributed by atoms with Crippen LogP contribution in [0.5, 0.6) is 11.5 Å². The van der Waals surface area contributed by atoms with Gasteiger partial charge in [-0.2, -0.15) is 0 Å². The zero-order valence-corrected chi connectivity index (χ0v) is 24.7. The van der Waals surface area contributed by atoms with E-state index in [1.54, 1.807) is 18.2 Å². The average molecular weight is 575 g/mol. The number of rotatable bonds is 9. The van der Waals surface area contributed by atoms with E-state index in [1.165, 1.54) is 70.4 Å². The van der Waals surface area contributed by atoms with Crippen LogP contribution in [0.2, 0.25) is 0 Å². The Morgan fingerprint density at radius 3 is 2.00 bits per heavy atom. The van der Waals surface area contributed by atoms with Gasteiger partial charge in [0.05, 0.1) is 24.8 Å². The molecule has 1 N–H and O–H groups in total. The molecular formula is C33H38N2O5S. The van der Waals surface area contributed by atoms with Crippen LogP contribution in [0.4, 0.5) is 11.4 Å². The first-order valence-electron chi connectivity index (χ1n) is 14.4. The minimum absolute atomic E-state index is 0.00320. The van der Waals surface area contributed by atoms with Gasteiger partial charge in [-0.15, -0.1) is 0 Å². The third kappa shape index (κ3) is 5.30. The number of hydrogen-bond donors (Lipinski definition) is 1. The molecule has 4 bridgehead atoms. The van der Waals surface area contributed by atoms with Crippen molar-refractivity contribution in [3.63, 3.8) is 0 Å². The van der Waals surface area contributed by atoms with Crippen LogP contribution in [0.25, 0.3) is 0 Å². The molecular weight excluding hydrogens is 536 g/mol. The maximum Gasteiger partial charge on any atom is 0.264 e. The molecule has 4 fully saturated rings. The number of sulfonamides is 1. The molecule has 3 aromatic carbocycles. The minimum Gasteiger partial charge on any atom is -0.493 e. The number of ether oxygens (including phenoxy) is 2. The summed E-state index contributed by atoms with van der Waals surface area (Å²) in [5, 5.41) is 2.93. The summed E-state index contributed by atoms with van der Waals surface area (Å²) in [5.74, 6) is 2.88. The topological polar surface area (TPSA) is 84.9 Å².